The number of carbonyl (C=O) groups excluding carboxylic acids is 2. The third-order valence-electron chi connectivity index (χ3n) is 3.90. The molecular weight excluding hydrogens is 366 g/mol. The first-order chi connectivity index (χ1) is 13.2. The number of aromatic nitrogens is 2. The van der Waals surface area contributed by atoms with Gasteiger partial charge in [-0.15, -0.1) is 22.0 Å². The van der Waals surface area contributed by atoms with Gasteiger partial charge in [-0.25, -0.2) is 0 Å². The molecule has 1 atom stereocenters. The number of nitrogens with zero attached hydrogens (tertiary/aromatic N) is 2. The summed E-state index contributed by atoms with van der Waals surface area (Å²) in [7, 11) is 0. The molecule has 1 N–H and O–H groups in total. The molecule has 1 aliphatic rings. The Kier molecular flexibility index (Phi) is 4.88. The summed E-state index contributed by atoms with van der Waals surface area (Å²) in [6.45, 7) is -0.131. The van der Waals surface area contributed by atoms with E-state index in [1.807, 2.05) is 54.6 Å². The minimum Gasteiger partial charge on any atom is -0.456 e. The van der Waals surface area contributed by atoms with Gasteiger partial charge in [0.05, 0.1) is 17.4 Å². The number of para-hydroxylation sites is 1. The molecule has 27 heavy (non-hydrogen) atoms. The molecule has 1 aliphatic heterocycles. The van der Waals surface area contributed by atoms with Crippen LogP contribution in [0.2, 0.25) is 0 Å². The van der Waals surface area contributed by atoms with Crippen molar-refractivity contribution in [3.05, 3.63) is 60.5 Å². The summed E-state index contributed by atoms with van der Waals surface area (Å²) in [4.78, 5) is 25.2. The second kappa shape index (κ2) is 7.63. The van der Waals surface area contributed by atoms with E-state index in [9.17, 15) is 9.59 Å². The van der Waals surface area contributed by atoms with Crippen LogP contribution in [-0.2, 0) is 20.9 Å². The van der Waals surface area contributed by atoms with Crippen molar-refractivity contribution >= 4 is 29.3 Å². The van der Waals surface area contributed by atoms with Crippen molar-refractivity contribution < 1.29 is 18.7 Å². The summed E-state index contributed by atoms with van der Waals surface area (Å²) >= 11 is 1.35. The number of hydrogen-bond acceptors (Lipinski definition) is 7. The van der Waals surface area contributed by atoms with Crippen molar-refractivity contribution in [2.75, 3.05) is 5.32 Å². The van der Waals surface area contributed by atoms with Gasteiger partial charge in [-0.1, -0.05) is 30.3 Å². The molecule has 1 amide bonds. The predicted molar refractivity (Wildman–Crippen MR) is 98.9 cm³/mol. The Morgan fingerprint density at radius 3 is 2.74 bits per heavy atom. The molecule has 1 aromatic heterocycles. The van der Waals surface area contributed by atoms with E-state index in [2.05, 4.69) is 15.5 Å². The highest BCUT2D eigenvalue weighted by atomic mass is 32.2. The van der Waals surface area contributed by atoms with Crippen molar-refractivity contribution in [1.82, 2.24) is 10.2 Å². The van der Waals surface area contributed by atoms with Gasteiger partial charge in [0.2, 0.25) is 11.8 Å². The molecule has 0 unspecified atom stereocenters. The van der Waals surface area contributed by atoms with E-state index in [4.69, 9.17) is 9.15 Å². The van der Waals surface area contributed by atoms with Crippen LogP contribution in [0.25, 0.3) is 11.5 Å². The molecule has 7 nitrogen and oxygen atoms in total. The summed E-state index contributed by atoms with van der Waals surface area (Å²) < 4.78 is 10.7. The molecule has 0 radical (unpaired) electrons. The molecule has 0 saturated heterocycles. The average Bonchev–Trinajstić information content (AvgIpc) is 3.17. The molecule has 0 bridgehead atoms. The summed E-state index contributed by atoms with van der Waals surface area (Å²) in [5.41, 5.74) is 1.55. The lowest BCUT2D eigenvalue weighted by atomic mass is 10.2. The smallest absolute Gasteiger partial charge is 0.307 e. The molecule has 0 saturated carbocycles. The Bertz CT molecular complexity index is 974. The van der Waals surface area contributed by atoms with Gasteiger partial charge in [0.25, 0.3) is 5.89 Å². The number of anilines is 1. The topological polar surface area (TPSA) is 94.3 Å². The SMILES string of the molecule is O=C(C[C@@H]1Sc2ccccc2NC1=O)OCc1nnc(-c2ccccc2)o1. The maximum Gasteiger partial charge on any atom is 0.307 e. The van der Waals surface area contributed by atoms with E-state index < -0.39 is 11.2 Å². The van der Waals surface area contributed by atoms with E-state index in [1.165, 1.54) is 11.8 Å². The summed E-state index contributed by atoms with van der Waals surface area (Å²) in [6, 6.07) is 16.8. The van der Waals surface area contributed by atoms with Crippen LogP contribution in [0, 0.1) is 0 Å². The highest BCUT2D eigenvalue weighted by Crippen LogP contribution is 2.36. The van der Waals surface area contributed by atoms with Gasteiger partial charge >= 0.3 is 5.97 Å². The van der Waals surface area contributed by atoms with Crippen molar-refractivity contribution in [2.24, 2.45) is 0 Å². The van der Waals surface area contributed by atoms with Gasteiger partial charge in [-0.05, 0) is 24.3 Å². The number of carbonyl (C=O) groups is 2. The van der Waals surface area contributed by atoms with Crippen molar-refractivity contribution in [3.63, 3.8) is 0 Å². The first-order valence-corrected chi connectivity index (χ1v) is 9.17. The van der Waals surface area contributed by atoms with Crippen LogP contribution < -0.4 is 5.32 Å². The number of ether oxygens (including phenoxy) is 1. The zero-order valence-corrected chi connectivity index (χ0v) is 14.9. The van der Waals surface area contributed by atoms with Gasteiger partial charge in [-0.3, -0.25) is 9.59 Å². The molecule has 2 aromatic carbocycles. The van der Waals surface area contributed by atoms with Gasteiger partial charge in [0, 0.05) is 10.5 Å². The number of esters is 1. The Hall–Kier alpha value is -3.13. The Morgan fingerprint density at radius 2 is 1.89 bits per heavy atom. The lowest BCUT2D eigenvalue weighted by molar-refractivity contribution is -0.146. The first-order valence-electron chi connectivity index (χ1n) is 8.29. The quantitative estimate of drug-likeness (QED) is 0.678. The maximum absolute atomic E-state index is 12.1. The van der Waals surface area contributed by atoms with Crippen LogP contribution >= 0.6 is 11.8 Å². The number of hydrogen-bond donors (Lipinski definition) is 1. The van der Waals surface area contributed by atoms with E-state index in [-0.39, 0.29) is 24.8 Å². The highest BCUT2D eigenvalue weighted by molar-refractivity contribution is 8.01. The average molecular weight is 381 g/mol. The second-order valence-corrected chi connectivity index (χ2v) is 7.07. The molecule has 8 heteroatoms. The van der Waals surface area contributed by atoms with Crippen LogP contribution in [-0.4, -0.2) is 27.3 Å². The number of amides is 1. The van der Waals surface area contributed by atoms with Gasteiger partial charge in [-0.2, -0.15) is 0 Å². The Morgan fingerprint density at radius 1 is 1.11 bits per heavy atom. The molecule has 3 aromatic rings. The highest BCUT2D eigenvalue weighted by Gasteiger charge is 2.29. The van der Waals surface area contributed by atoms with Crippen molar-refractivity contribution in [1.29, 1.82) is 0 Å². The van der Waals surface area contributed by atoms with E-state index in [1.54, 1.807) is 0 Å². The normalized spacial score (nSPS) is 15.7. The lowest BCUT2D eigenvalue weighted by Crippen LogP contribution is -2.31. The van der Waals surface area contributed by atoms with Crippen LogP contribution in [0.1, 0.15) is 12.3 Å². The number of thioether (sulfide) groups is 1. The minimum atomic E-state index is -0.532. The molecule has 0 aliphatic carbocycles. The summed E-state index contributed by atoms with van der Waals surface area (Å²) in [5, 5.41) is 10.1. The standard InChI is InChI=1S/C19H15N3O4S/c23-17(10-15-18(24)20-13-8-4-5-9-14(13)27-15)25-11-16-21-22-19(26-16)12-6-2-1-3-7-12/h1-9,15H,10-11H2,(H,20,24)/t15-/m0/s1. The predicted octanol–water partition coefficient (Wildman–Crippen LogP) is 3.28. The number of nitrogens with one attached hydrogen (secondary N) is 1. The number of fused-ring (bicyclic) bond motifs is 1. The molecule has 0 spiro atoms. The lowest BCUT2D eigenvalue weighted by Gasteiger charge is -2.23. The number of benzene rings is 2. The largest absolute Gasteiger partial charge is 0.456 e. The van der Waals surface area contributed by atoms with Crippen LogP contribution in [0.3, 0.4) is 0 Å². The molecule has 0 fully saturated rings. The van der Waals surface area contributed by atoms with E-state index in [0.29, 0.717) is 5.89 Å². The summed E-state index contributed by atoms with van der Waals surface area (Å²) in [6.07, 6.45) is -0.0372. The fourth-order valence-electron chi connectivity index (χ4n) is 2.59. The fraction of sp³-hybridized carbons (Fsp3) is 0.158. The van der Waals surface area contributed by atoms with E-state index in [0.717, 1.165) is 16.1 Å². The van der Waals surface area contributed by atoms with Crippen LogP contribution in [0.15, 0.2) is 63.9 Å². The van der Waals surface area contributed by atoms with Crippen molar-refractivity contribution in [3.8, 4) is 11.5 Å². The van der Waals surface area contributed by atoms with Crippen molar-refractivity contribution in [2.45, 2.75) is 23.2 Å². The van der Waals surface area contributed by atoms with Crippen LogP contribution in [0.5, 0.6) is 0 Å². The summed E-state index contributed by atoms with van der Waals surface area (Å²) in [5.74, 6) is -0.143. The third-order valence-corrected chi connectivity index (χ3v) is 5.18. The zero-order chi connectivity index (χ0) is 18.6. The van der Waals surface area contributed by atoms with Gasteiger partial charge in [0.15, 0.2) is 6.61 Å². The number of rotatable bonds is 5. The Balaban J connectivity index is 1.33. The maximum atomic E-state index is 12.1. The second-order valence-electron chi connectivity index (χ2n) is 5.82. The zero-order valence-electron chi connectivity index (χ0n) is 14.1. The first kappa shape index (κ1) is 17.3. The van der Waals surface area contributed by atoms with Gasteiger partial charge < -0.3 is 14.5 Å². The van der Waals surface area contributed by atoms with E-state index >= 15 is 0 Å². The fourth-order valence-corrected chi connectivity index (χ4v) is 3.68. The molecule has 2 heterocycles. The Labute approximate surface area is 159 Å². The van der Waals surface area contributed by atoms with Crippen LogP contribution in [0.4, 0.5) is 5.69 Å². The molecular formula is C19H15N3O4S. The monoisotopic (exact) mass is 381 g/mol. The molecule has 4 rings (SSSR count). The minimum absolute atomic E-state index is 0.0372. The third kappa shape index (κ3) is 4.01. The molecule has 136 valence electrons. The van der Waals surface area contributed by atoms with Gasteiger partial charge in [0.1, 0.15) is 0 Å².